The Hall–Kier alpha value is -4.17. The summed E-state index contributed by atoms with van der Waals surface area (Å²) in [4.78, 5) is 43.1. The molecule has 8 nitrogen and oxygen atoms in total. The Balaban J connectivity index is 1.63. The zero-order valence-electron chi connectivity index (χ0n) is 23.1. The van der Waals surface area contributed by atoms with Gasteiger partial charge in [0.1, 0.15) is 11.4 Å². The van der Waals surface area contributed by atoms with Crippen molar-refractivity contribution in [2.45, 2.75) is 52.2 Å². The predicted molar refractivity (Wildman–Crippen MR) is 153 cm³/mol. The van der Waals surface area contributed by atoms with Gasteiger partial charge in [0.05, 0.1) is 31.1 Å². The lowest BCUT2D eigenvalue weighted by Gasteiger charge is -2.20. The van der Waals surface area contributed by atoms with E-state index in [1.165, 1.54) is 24.1 Å². The highest BCUT2D eigenvalue weighted by Gasteiger charge is 2.24. The van der Waals surface area contributed by atoms with E-state index in [1.54, 1.807) is 75.6 Å². The monoisotopic (exact) mass is 562 g/mol. The number of benzene rings is 2. The molecule has 0 N–H and O–H groups in total. The molecule has 1 unspecified atom stereocenters. The number of aromatic nitrogens is 2. The second kappa shape index (κ2) is 11.9. The van der Waals surface area contributed by atoms with Crippen LogP contribution in [0.15, 0.2) is 76.5 Å². The molecule has 4 aromatic rings. The average molecular weight is 563 g/mol. The molecule has 0 radical (unpaired) electrons. The minimum Gasteiger partial charge on any atom is -0.495 e. The summed E-state index contributed by atoms with van der Waals surface area (Å²) in [7, 11) is 1.50. The van der Waals surface area contributed by atoms with E-state index in [2.05, 4.69) is 4.98 Å². The Morgan fingerprint density at radius 1 is 1.05 bits per heavy atom. The number of ketones is 1. The number of halogens is 1. The van der Waals surface area contributed by atoms with Crippen LogP contribution in [0.4, 0.5) is 0 Å². The summed E-state index contributed by atoms with van der Waals surface area (Å²) in [5.41, 5.74) is 2.00. The predicted octanol–water partition coefficient (Wildman–Crippen LogP) is 6.55. The van der Waals surface area contributed by atoms with E-state index in [0.717, 1.165) is 5.56 Å². The van der Waals surface area contributed by atoms with Crippen LogP contribution < -0.4 is 10.3 Å². The van der Waals surface area contributed by atoms with Gasteiger partial charge in [-0.2, -0.15) is 0 Å². The van der Waals surface area contributed by atoms with Crippen molar-refractivity contribution in [3.63, 3.8) is 0 Å². The number of hydrogen-bond acceptors (Lipinski definition) is 7. The number of Topliss-reactive ketones (excluding diaryl/α,β-unsaturated/α-hetero) is 1. The first-order valence-electron chi connectivity index (χ1n) is 12.8. The van der Waals surface area contributed by atoms with Gasteiger partial charge >= 0.3 is 5.97 Å². The molecule has 4 rings (SSSR count). The van der Waals surface area contributed by atoms with Crippen LogP contribution >= 0.6 is 11.6 Å². The van der Waals surface area contributed by atoms with Gasteiger partial charge < -0.3 is 18.5 Å². The van der Waals surface area contributed by atoms with Crippen LogP contribution in [0.25, 0.3) is 22.5 Å². The molecule has 0 spiro atoms. The largest absolute Gasteiger partial charge is 0.495 e. The fourth-order valence-corrected chi connectivity index (χ4v) is 4.61. The smallest absolute Gasteiger partial charge is 0.338 e. The lowest BCUT2D eigenvalue weighted by molar-refractivity contribution is -0.121. The topological polar surface area (TPSA) is 101 Å². The molecule has 0 aliphatic carbocycles. The molecule has 0 fully saturated rings. The first-order valence-corrected chi connectivity index (χ1v) is 13.2. The summed E-state index contributed by atoms with van der Waals surface area (Å²) in [5, 5.41) is 0.476. The Morgan fingerprint density at radius 2 is 1.77 bits per heavy atom. The van der Waals surface area contributed by atoms with E-state index in [1.807, 2.05) is 6.92 Å². The van der Waals surface area contributed by atoms with E-state index in [4.69, 9.17) is 25.5 Å². The van der Waals surface area contributed by atoms with Crippen molar-refractivity contribution < 1.29 is 23.5 Å². The first kappa shape index (κ1) is 28.8. The highest BCUT2D eigenvalue weighted by Crippen LogP contribution is 2.38. The van der Waals surface area contributed by atoms with Crippen LogP contribution in [0.1, 0.15) is 56.1 Å². The highest BCUT2D eigenvalue weighted by molar-refractivity contribution is 6.31. The minimum absolute atomic E-state index is 0.0908. The molecule has 0 amide bonds. The zero-order chi connectivity index (χ0) is 29.0. The van der Waals surface area contributed by atoms with Crippen molar-refractivity contribution >= 4 is 23.4 Å². The summed E-state index contributed by atoms with van der Waals surface area (Å²) >= 11 is 6.30. The molecule has 0 saturated heterocycles. The normalized spacial score (nSPS) is 12.2. The summed E-state index contributed by atoms with van der Waals surface area (Å²) in [6.45, 7) is 7.25. The van der Waals surface area contributed by atoms with E-state index in [-0.39, 0.29) is 17.8 Å². The van der Waals surface area contributed by atoms with Gasteiger partial charge in [0.15, 0.2) is 17.9 Å². The number of ether oxygens (including phenoxy) is 2. The second-order valence-corrected chi connectivity index (χ2v) is 10.8. The van der Waals surface area contributed by atoms with Crippen LogP contribution in [0.3, 0.4) is 0 Å². The minimum atomic E-state index is -0.714. The van der Waals surface area contributed by atoms with Crippen LogP contribution in [-0.4, -0.2) is 34.0 Å². The molecule has 0 aliphatic heterocycles. The SMILES string of the molecule is CCC(C(=O)Cc1ccc(C(=O)OC(C)(C)C)cc1)n1cc(OC)c(-c2cc(Cl)ccc2-c2cnco2)cc1=O. The number of carbonyl (C=O) groups excluding carboxylic acids is 2. The molecule has 2 aromatic carbocycles. The molecule has 0 aliphatic rings. The van der Waals surface area contributed by atoms with Gasteiger partial charge in [-0.05, 0) is 68.7 Å². The number of esters is 1. The van der Waals surface area contributed by atoms with Crippen molar-refractivity contribution in [2.24, 2.45) is 0 Å². The summed E-state index contributed by atoms with van der Waals surface area (Å²) in [5.74, 6) is 0.337. The van der Waals surface area contributed by atoms with E-state index < -0.39 is 17.6 Å². The highest BCUT2D eigenvalue weighted by atomic mass is 35.5. The van der Waals surface area contributed by atoms with Crippen molar-refractivity contribution in [3.05, 3.63) is 93.8 Å². The molecule has 0 bridgehead atoms. The van der Waals surface area contributed by atoms with E-state index in [9.17, 15) is 14.4 Å². The summed E-state index contributed by atoms with van der Waals surface area (Å²) in [6, 6.07) is 12.7. The molecule has 208 valence electrons. The molecular weight excluding hydrogens is 532 g/mol. The average Bonchev–Trinajstić information content (AvgIpc) is 3.44. The molecule has 40 heavy (non-hydrogen) atoms. The maximum absolute atomic E-state index is 13.4. The maximum Gasteiger partial charge on any atom is 0.338 e. The molecule has 0 saturated carbocycles. The lowest BCUT2D eigenvalue weighted by atomic mass is 9.97. The van der Waals surface area contributed by atoms with Crippen LogP contribution in [0.5, 0.6) is 5.75 Å². The third-order valence-electron chi connectivity index (χ3n) is 6.29. The third-order valence-corrected chi connectivity index (χ3v) is 6.53. The summed E-state index contributed by atoms with van der Waals surface area (Å²) < 4.78 is 18.0. The van der Waals surface area contributed by atoms with E-state index >= 15 is 0 Å². The fourth-order valence-electron chi connectivity index (χ4n) is 4.44. The van der Waals surface area contributed by atoms with Gasteiger partial charge in [-0.25, -0.2) is 9.78 Å². The number of rotatable bonds is 9. The molecule has 2 heterocycles. The van der Waals surface area contributed by atoms with Crippen molar-refractivity contribution in [1.29, 1.82) is 0 Å². The van der Waals surface area contributed by atoms with Gasteiger partial charge in [-0.3, -0.25) is 9.59 Å². The molecule has 1 atom stereocenters. The number of carbonyl (C=O) groups is 2. The number of pyridine rings is 1. The van der Waals surface area contributed by atoms with E-state index in [0.29, 0.717) is 45.2 Å². The molecule has 9 heteroatoms. The Labute approximate surface area is 237 Å². The Kier molecular flexibility index (Phi) is 8.59. The van der Waals surface area contributed by atoms with Crippen LogP contribution in [0, 0.1) is 0 Å². The maximum atomic E-state index is 13.4. The van der Waals surface area contributed by atoms with Crippen molar-refractivity contribution in [1.82, 2.24) is 9.55 Å². The lowest BCUT2D eigenvalue weighted by Crippen LogP contribution is -2.30. The zero-order valence-corrected chi connectivity index (χ0v) is 23.8. The van der Waals surface area contributed by atoms with Crippen molar-refractivity contribution in [2.75, 3.05) is 7.11 Å². The number of nitrogens with zero attached hydrogens (tertiary/aromatic N) is 2. The molecule has 2 aromatic heterocycles. The number of methoxy groups -OCH3 is 1. The number of hydrogen-bond donors (Lipinski definition) is 0. The van der Waals surface area contributed by atoms with Crippen LogP contribution in [0.2, 0.25) is 5.02 Å². The van der Waals surface area contributed by atoms with Gasteiger partial charge in [-0.1, -0.05) is 30.7 Å². The second-order valence-electron chi connectivity index (χ2n) is 10.3. The Morgan fingerprint density at radius 3 is 2.38 bits per heavy atom. The standard InChI is InChI=1S/C31H31ClN2O6/c1-6-25(26(35)13-19-7-9-20(10-8-19)30(37)40-31(2,3)4)34-17-28(38-5)24(15-29(34)36)23-14-21(32)11-12-22(23)27-16-33-18-39-27/h7-12,14-18,25H,6,13H2,1-5H3. The fraction of sp³-hybridized carbons (Fsp3) is 0.290. The van der Waals surface area contributed by atoms with Gasteiger partial charge in [-0.15, -0.1) is 0 Å². The van der Waals surface area contributed by atoms with Gasteiger partial charge in [0.2, 0.25) is 0 Å². The van der Waals surface area contributed by atoms with Gasteiger partial charge in [0, 0.05) is 28.6 Å². The third kappa shape index (κ3) is 6.51. The van der Waals surface area contributed by atoms with Gasteiger partial charge in [0.25, 0.3) is 5.56 Å². The Bertz CT molecular complexity index is 1570. The summed E-state index contributed by atoms with van der Waals surface area (Å²) in [6.07, 6.45) is 4.95. The molecular formula is C31H31ClN2O6. The first-order chi connectivity index (χ1) is 19.0. The van der Waals surface area contributed by atoms with Crippen molar-refractivity contribution in [3.8, 4) is 28.2 Å². The quantitative estimate of drug-likeness (QED) is 0.213. The van der Waals surface area contributed by atoms with Crippen LogP contribution in [-0.2, 0) is 16.0 Å². The number of oxazole rings is 1.